The van der Waals surface area contributed by atoms with Crippen LogP contribution in [0.25, 0.3) is 0 Å². The highest BCUT2D eigenvalue weighted by molar-refractivity contribution is 5.50. The van der Waals surface area contributed by atoms with E-state index in [2.05, 4.69) is 35.1 Å². The molecule has 1 N–H and O–H groups in total. The number of benzene rings is 1. The molecule has 0 saturated carbocycles. The molecule has 1 saturated heterocycles. The zero-order valence-corrected chi connectivity index (χ0v) is 14.8. The summed E-state index contributed by atoms with van der Waals surface area (Å²) in [5, 5.41) is 3.17. The molecule has 0 radical (unpaired) electrons. The van der Waals surface area contributed by atoms with E-state index in [0.717, 1.165) is 37.9 Å². The van der Waals surface area contributed by atoms with Crippen LogP contribution in [0.15, 0.2) is 55.1 Å². The highest BCUT2D eigenvalue weighted by atomic mass is 19.1. The van der Waals surface area contributed by atoms with Crippen molar-refractivity contribution in [2.24, 2.45) is 0 Å². The Balaban J connectivity index is 1.37. The van der Waals surface area contributed by atoms with Crippen LogP contribution >= 0.6 is 0 Å². The lowest BCUT2D eigenvalue weighted by Gasteiger charge is -2.35. The fourth-order valence-corrected chi connectivity index (χ4v) is 3.03. The Labute approximate surface area is 156 Å². The minimum Gasteiger partial charge on any atom is -0.366 e. The summed E-state index contributed by atoms with van der Waals surface area (Å²) in [7, 11) is 0. The van der Waals surface area contributed by atoms with Crippen LogP contribution in [0.5, 0.6) is 0 Å². The minimum atomic E-state index is -0.224. The standard InChI is InChI=1S/C19H20FN7/c20-16-5-2-1-4-15(16)13-23-17-12-18(25-14-24-17)26-8-10-27(11-9-26)19-21-6-3-7-22-19/h1-7,12,14H,8-11,13H2,(H,23,24,25). The lowest BCUT2D eigenvalue weighted by atomic mass is 10.2. The number of hydrogen-bond acceptors (Lipinski definition) is 7. The molecule has 1 aliphatic rings. The van der Waals surface area contributed by atoms with Crippen molar-refractivity contribution in [1.82, 2.24) is 19.9 Å². The molecule has 8 heteroatoms. The van der Waals surface area contributed by atoms with E-state index in [4.69, 9.17) is 0 Å². The van der Waals surface area contributed by atoms with Crippen LogP contribution in [0.4, 0.5) is 22.0 Å². The predicted octanol–water partition coefficient (Wildman–Crippen LogP) is 2.34. The first-order chi connectivity index (χ1) is 13.3. The molecule has 1 aliphatic heterocycles. The van der Waals surface area contributed by atoms with Gasteiger partial charge in [0.25, 0.3) is 0 Å². The molecule has 0 unspecified atom stereocenters. The van der Waals surface area contributed by atoms with E-state index in [1.165, 1.54) is 12.4 Å². The summed E-state index contributed by atoms with van der Waals surface area (Å²) in [5.74, 6) is 2.07. The Bertz CT molecular complexity index is 882. The van der Waals surface area contributed by atoms with Crippen molar-refractivity contribution in [2.75, 3.05) is 41.3 Å². The van der Waals surface area contributed by atoms with Crippen LogP contribution in [-0.4, -0.2) is 46.1 Å². The van der Waals surface area contributed by atoms with E-state index >= 15 is 0 Å². The van der Waals surface area contributed by atoms with Gasteiger partial charge in [0, 0.05) is 56.7 Å². The second kappa shape index (κ2) is 7.94. The van der Waals surface area contributed by atoms with Crippen LogP contribution in [0, 0.1) is 5.82 Å². The molecule has 2 aromatic heterocycles. The quantitative estimate of drug-likeness (QED) is 0.744. The minimum absolute atomic E-state index is 0.224. The van der Waals surface area contributed by atoms with Gasteiger partial charge in [0.1, 0.15) is 23.8 Å². The molecule has 1 fully saturated rings. The maximum Gasteiger partial charge on any atom is 0.225 e. The second-order valence-corrected chi connectivity index (χ2v) is 6.23. The van der Waals surface area contributed by atoms with Crippen molar-refractivity contribution in [2.45, 2.75) is 6.54 Å². The molecule has 27 heavy (non-hydrogen) atoms. The van der Waals surface area contributed by atoms with Gasteiger partial charge in [-0.25, -0.2) is 24.3 Å². The van der Waals surface area contributed by atoms with Gasteiger partial charge in [-0.3, -0.25) is 0 Å². The Morgan fingerprint density at radius 3 is 2.41 bits per heavy atom. The first kappa shape index (κ1) is 17.1. The first-order valence-electron chi connectivity index (χ1n) is 8.86. The third kappa shape index (κ3) is 4.11. The number of nitrogens with one attached hydrogen (secondary N) is 1. The van der Waals surface area contributed by atoms with Gasteiger partial charge in [-0.15, -0.1) is 0 Å². The van der Waals surface area contributed by atoms with Gasteiger partial charge in [0.15, 0.2) is 0 Å². The van der Waals surface area contributed by atoms with Gasteiger partial charge in [-0.05, 0) is 12.1 Å². The highest BCUT2D eigenvalue weighted by Crippen LogP contribution is 2.18. The van der Waals surface area contributed by atoms with Gasteiger partial charge in [0.2, 0.25) is 5.95 Å². The molecule has 0 bridgehead atoms. The topological polar surface area (TPSA) is 70.1 Å². The summed E-state index contributed by atoms with van der Waals surface area (Å²) in [5.41, 5.74) is 0.606. The molecular formula is C19H20FN7. The molecule has 0 spiro atoms. The van der Waals surface area contributed by atoms with Crippen molar-refractivity contribution in [3.63, 3.8) is 0 Å². The van der Waals surface area contributed by atoms with Crippen LogP contribution in [0.3, 0.4) is 0 Å². The Hall–Kier alpha value is -3.29. The van der Waals surface area contributed by atoms with Gasteiger partial charge >= 0.3 is 0 Å². The number of rotatable bonds is 5. The van der Waals surface area contributed by atoms with Crippen molar-refractivity contribution in [3.05, 3.63) is 66.5 Å². The van der Waals surface area contributed by atoms with Crippen LogP contribution in [-0.2, 0) is 6.54 Å². The average molecular weight is 365 g/mol. The summed E-state index contributed by atoms with van der Waals surface area (Å²) >= 11 is 0. The monoisotopic (exact) mass is 365 g/mol. The molecule has 3 heterocycles. The molecule has 0 amide bonds. The maximum atomic E-state index is 13.7. The van der Waals surface area contributed by atoms with Gasteiger partial charge in [-0.2, -0.15) is 0 Å². The van der Waals surface area contributed by atoms with Crippen molar-refractivity contribution >= 4 is 17.6 Å². The molecule has 4 rings (SSSR count). The molecule has 0 aliphatic carbocycles. The smallest absolute Gasteiger partial charge is 0.225 e. The normalized spacial score (nSPS) is 14.3. The van der Waals surface area contributed by atoms with Crippen molar-refractivity contribution in [3.8, 4) is 0 Å². The SMILES string of the molecule is Fc1ccccc1CNc1cc(N2CCN(c3ncccn3)CC2)ncn1. The van der Waals surface area contributed by atoms with E-state index in [-0.39, 0.29) is 5.82 Å². The van der Waals surface area contributed by atoms with E-state index < -0.39 is 0 Å². The summed E-state index contributed by atoms with van der Waals surface area (Å²) in [6.07, 6.45) is 5.05. The third-order valence-electron chi connectivity index (χ3n) is 4.51. The molecule has 0 atom stereocenters. The van der Waals surface area contributed by atoms with E-state index in [1.807, 2.05) is 18.2 Å². The molecule has 138 valence electrons. The van der Waals surface area contributed by atoms with E-state index in [1.54, 1.807) is 24.5 Å². The Morgan fingerprint density at radius 1 is 0.889 bits per heavy atom. The fourth-order valence-electron chi connectivity index (χ4n) is 3.03. The Morgan fingerprint density at radius 2 is 1.63 bits per heavy atom. The molecule has 7 nitrogen and oxygen atoms in total. The average Bonchev–Trinajstić information content (AvgIpc) is 2.74. The third-order valence-corrected chi connectivity index (χ3v) is 4.51. The summed E-state index contributed by atoms with van der Waals surface area (Å²) < 4.78 is 13.7. The number of aromatic nitrogens is 4. The molecule has 1 aromatic carbocycles. The van der Waals surface area contributed by atoms with E-state index in [9.17, 15) is 4.39 Å². The second-order valence-electron chi connectivity index (χ2n) is 6.23. The Kier molecular flexibility index (Phi) is 5.04. The molecule has 3 aromatic rings. The number of anilines is 3. The fraction of sp³-hybridized carbons (Fsp3) is 0.263. The largest absolute Gasteiger partial charge is 0.366 e. The van der Waals surface area contributed by atoms with Crippen LogP contribution in [0.2, 0.25) is 0 Å². The van der Waals surface area contributed by atoms with Crippen molar-refractivity contribution < 1.29 is 4.39 Å². The summed E-state index contributed by atoms with van der Waals surface area (Å²) in [6, 6.07) is 10.4. The zero-order valence-electron chi connectivity index (χ0n) is 14.8. The summed E-state index contributed by atoms with van der Waals surface area (Å²) in [4.78, 5) is 21.6. The lowest BCUT2D eigenvalue weighted by molar-refractivity contribution is 0.613. The maximum absolute atomic E-state index is 13.7. The van der Waals surface area contributed by atoms with Gasteiger partial charge < -0.3 is 15.1 Å². The number of halogens is 1. The predicted molar refractivity (Wildman–Crippen MR) is 102 cm³/mol. The summed E-state index contributed by atoms with van der Waals surface area (Å²) in [6.45, 7) is 3.67. The number of piperazine rings is 1. The van der Waals surface area contributed by atoms with Gasteiger partial charge in [-0.1, -0.05) is 18.2 Å². The molecular weight excluding hydrogens is 345 g/mol. The highest BCUT2D eigenvalue weighted by Gasteiger charge is 2.20. The zero-order chi connectivity index (χ0) is 18.5. The lowest BCUT2D eigenvalue weighted by Crippen LogP contribution is -2.47. The van der Waals surface area contributed by atoms with Crippen LogP contribution in [0.1, 0.15) is 5.56 Å². The first-order valence-corrected chi connectivity index (χ1v) is 8.86. The van der Waals surface area contributed by atoms with Crippen molar-refractivity contribution in [1.29, 1.82) is 0 Å². The number of hydrogen-bond donors (Lipinski definition) is 1. The van der Waals surface area contributed by atoms with E-state index in [0.29, 0.717) is 17.9 Å². The number of nitrogens with zero attached hydrogens (tertiary/aromatic N) is 6. The van der Waals surface area contributed by atoms with Crippen LogP contribution < -0.4 is 15.1 Å². The van der Waals surface area contributed by atoms with Gasteiger partial charge in [0.05, 0.1) is 0 Å².